The van der Waals surface area contributed by atoms with Crippen LogP contribution in [-0.2, 0) is 9.53 Å². The molecule has 2 aromatic carbocycles. The van der Waals surface area contributed by atoms with Crippen molar-refractivity contribution in [2.75, 3.05) is 0 Å². The Labute approximate surface area is 137 Å². The minimum atomic E-state index is -1.14. The van der Waals surface area contributed by atoms with Gasteiger partial charge in [0.2, 0.25) is 0 Å². The van der Waals surface area contributed by atoms with Crippen molar-refractivity contribution in [1.82, 2.24) is 10.7 Å². The van der Waals surface area contributed by atoms with E-state index in [0.717, 1.165) is 0 Å². The molecule has 1 aliphatic rings. The van der Waals surface area contributed by atoms with Gasteiger partial charge in [-0.15, -0.1) is 0 Å². The number of nitrogens with two attached hydrogens (primary N) is 1. The van der Waals surface area contributed by atoms with E-state index in [4.69, 9.17) is 10.6 Å². The van der Waals surface area contributed by atoms with E-state index in [-0.39, 0.29) is 0 Å². The lowest BCUT2D eigenvalue weighted by Crippen LogP contribution is -2.52. The van der Waals surface area contributed by atoms with Gasteiger partial charge in [0, 0.05) is 11.1 Å². The molecule has 0 unspecified atom stereocenters. The summed E-state index contributed by atoms with van der Waals surface area (Å²) in [6, 6.07) is 14.0. The zero-order valence-electron chi connectivity index (χ0n) is 12.6. The summed E-state index contributed by atoms with van der Waals surface area (Å²) in [4.78, 5) is 36.4. The molecule has 24 heavy (non-hydrogen) atoms. The fraction of sp³-hybridized carbons (Fsp3) is 0.118. The van der Waals surface area contributed by atoms with Crippen LogP contribution in [0.4, 0.5) is 0 Å². The van der Waals surface area contributed by atoms with E-state index >= 15 is 0 Å². The van der Waals surface area contributed by atoms with Gasteiger partial charge in [-0.3, -0.25) is 15.0 Å². The second kappa shape index (κ2) is 6.51. The monoisotopic (exact) mass is 325 g/mol. The van der Waals surface area contributed by atoms with Gasteiger partial charge >= 0.3 is 5.97 Å². The average Bonchev–Trinajstić information content (AvgIpc) is 2.96. The van der Waals surface area contributed by atoms with Crippen LogP contribution >= 0.6 is 0 Å². The number of ether oxygens (including phenoxy) is 1. The van der Waals surface area contributed by atoms with E-state index in [1.165, 1.54) is 0 Å². The molecule has 7 heteroatoms. The Balaban J connectivity index is 1.90. The number of hydrazine groups is 1. The number of cyclic esters (lactones) is 1. The van der Waals surface area contributed by atoms with E-state index < -0.39 is 29.9 Å². The predicted octanol–water partition coefficient (Wildman–Crippen LogP) is 0.687. The van der Waals surface area contributed by atoms with Gasteiger partial charge in [0.05, 0.1) is 5.56 Å². The van der Waals surface area contributed by atoms with Gasteiger partial charge in [0.1, 0.15) is 0 Å². The molecule has 2 atom stereocenters. The molecule has 0 spiro atoms. The summed E-state index contributed by atoms with van der Waals surface area (Å²) in [5, 5.41) is 2.58. The molecule has 0 fully saturated rings. The van der Waals surface area contributed by atoms with Crippen LogP contribution in [0.25, 0.3) is 0 Å². The number of esters is 1. The quantitative estimate of drug-likeness (QED) is 0.331. The zero-order valence-corrected chi connectivity index (χ0v) is 12.6. The molecule has 0 saturated heterocycles. The van der Waals surface area contributed by atoms with Crippen LogP contribution in [0.2, 0.25) is 0 Å². The molecule has 4 N–H and O–H groups in total. The molecule has 0 bridgehead atoms. The Morgan fingerprint density at radius 2 is 1.71 bits per heavy atom. The van der Waals surface area contributed by atoms with E-state index in [9.17, 15) is 14.4 Å². The highest BCUT2D eigenvalue weighted by Crippen LogP contribution is 2.33. The number of amides is 2. The average molecular weight is 325 g/mol. The SMILES string of the molecule is NNC(=O)[C@@H](NC(=O)c1ccccc1)[C@H]1OC(=O)c2ccccc21. The van der Waals surface area contributed by atoms with Crippen LogP contribution < -0.4 is 16.6 Å². The number of hydrogen-bond acceptors (Lipinski definition) is 5. The summed E-state index contributed by atoms with van der Waals surface area (Å²) in [5.41, 5.74) is 3.28. The van der Waals surface area contributed by atoms with Gasteiger partial charge in [-0.05, 0) is 18.2 Å². The number of nitrogens with one attached hydrogen (secondary N) is 2. The lowest BCUT2D eigenvalue weighted by Gasteiger charge is -2.22. The summed E-state index contributed by atoms with van der Waals surface area (Å²) in [6.07, 6.45) is -0.940. The Kier molecular flexibility index (Phi) is 4.26. The second-order valence-electron chi connectivity index (χ2n) is 5.24. The summed E-state index contributed by atoms with van der Waals surface area (Å²) < 4.78 is 5.28. The van der Waals surface area contributed by atoms with E-state index in [1.807, 2.05) is 5.43 Å². The molecule has 0 aliphatic carbocycles. The number of carbonyl (C=O) groups is 3. The highest BCUT2D eigenvalue weighted by Gasteiger charge is 2.40. The molecule has 7 nitrogen and oxygen atoms in total. The van der Waals surface area contributed by atoms with Crippen LogP contribution in [0.1, 0.15) is 32.4 Å². The Morgan fingerprint density at radius 3 is 2.42 bits per heavy atom. The van der Waals surface area contributed by atoms with E-state index in [1.54, 1.807) is 54.6 Å². The van der Waals surface area contributed by atoms with Crippen molar-refractivity contribution in [3.63, 3.8) is 0 Å². The van der Waals surface area contributed by atoms with Crippen molar-refractivity contribution in [1.29, 1.82) is 0 Å². The van der Waals surface area contributed by atoms with Crippen LogP contribution in [-0.4, -0.2) is 23.8 Å². The first-order valence-electron chi connectivity index (χ1n) is 7.28. The van der Waals surface area contributed by atoms with Crippen molar-refractivity contribution in [3.8, 4) is 0 Å². The first kappa shape index (κ1) is 15.7. The first-order valence-corrected chi connectivity index (χ1v) is 7.28. The van der Waals surface area contributed by atoms with Gasteiger partial charge in [0.15, 0.2) is 12.1 Å². The van der Waals surface area contributed by atoms with Crippen molar-refractivity contribution >= 4 is 17.8 Å². The normalized spacial score (nSPS) is 16.7. The maximum atomic E-state index is 12.4. The van der Waals surface area contributed by atoms with Gasteiger partial charge in [-0.2, -0.15) is 0 Å². The molecule has 0 saturated carbocycles. The highest BCUT2D eigenvalue weighted by atomic mass is 16.6. The largest absolute Gasteiger partial charge is 0.451 e. The summed E-state index contributed by atoms with van der Waals surface area (Å²) in [6.45, 7) is 0. The number of rotatable bonds is 4. The highest BCUT2D eigenvalue weighted by molar-refractivity contribution is 5.99. The molecular formula is C17H15N3O4. The van der Waals surface area contributed by atoms with Crippen LogP contribution in [0, 0.1) is 0 Å². The summed E-state index contributed by atoms with van der Waals surface area (Å²) in [5.74, 6) is 3.55. The third-order valence-corrected chi connectivity index (χ3v) is 3.77. The molecule has 3 rings (SSSR count). The molecular weight excluding hydrogens is 310 g/mol. The van der Waals surface area contributed by atoms with Gasteiger partial charge in [-0.25, -0.2) is 10.6 Å². The molecule has 122 valence electrons. The maximum Gasteiger partial charge on any atom is 0.339 e. The van der Waals surface area contributed by atoms with E-state index in [2.05, 4.69) is 5.32 Å². The smallest absolute Gasteiger partial charge is 0.339 e. The second-order valence-corrected chi connectivity index (χ2v) is 5.24. The Morgan fingerprint density at radius 1 is 1.04 bits per heavy atom. The fourth-order valence-electron chi connectivity index (χ4n) is 2.60. The molecule has 2 amide bonds. The summed E-state index contributed by atoms with van der Waals surface area (Å²) in [7, 11) is 0. The number of benzene rings is 2. The van der Waals surface area contributed by atoms with Crippen molar-refractivity contribution in [3.05, 3.63) is 71.3 Å². The maximum absolute atomic E-state index is 12.4. The Bertz CT molecular complexity index is 791. The predicted molar refractivity (Wildman–Crippen MR) is 84.6 cm³/mol. The van der Waals surface area contributed by atoms with Gasteiger partial charge in [0.25, 0.3) is 11.8 Å². The topological polar surface area (TPSA) is 111 Å². The van der Waals surface area contributed by atoms with E-state index in [0.29, 0.717) is 16.7 Å². The van der Waals surface area contributed by atoms with Crippen LogP contribution in [0.3, 0.4) is 0 Å². The minimum Gasteiger partial charge on any atom is -0.451 e. The molecule has 0 radical (unpaired) electrons. The van der Waals surface area contributed by atoms with Crippen LogP contribution in [0.15, 0.2) is 54.6 Å². The third-order valence-electron chi connectivity index (χ3n) is 3.77. The molecule has 0 aromatic heterocycles. The Hall–Kier alpha value is -3.19. The third kappa shape index (κ3) is 2.84. The first-order chi connectivity index (χ1) is 11.6. The number of hydrogen-bond donors (Lipinski definition) is 3. The van der Waals surface area contributed by atoms with Crippen LogP contribution in [0.5, 0.6) is 0 Å². The molecule has 2 aromatic rings. The number of carbonyl (C=O) groups excluding carboxylic acids is 3. The van der Waals surface area contributed by atoms with Gasteiger partial charge < -0.3 is 10.1 Å². The standard InChI is InChI=1S/C17H15N3O4/c18-20-16(22)13(19-15(21)10-6-2-1-3-7-10)14-11-8-4-5-9-12(11)17(23)24-14/h1-9,13-14H,18H2,(H,19,21)(H,20,22)/t13-,14-/m0/s1. The zero-order chi connectivity index (χ0) is 17.1. The fourth-order valence-corrected chi connectivity index (χ4v) is 2.60. The number of fused-ring (bicyclic) bond motifs is 1. The molecule has 1 heterocycles. The van der Waals surface area contributed by atoms with Crippen molar-refractivity contribution in [2.24, 2.45) is 5.84 Å². The van der Waals surface area contributed by atoms with Gasteiger partial charge in [-0.1, -0.05) is 36.4 Å². The van der Waals surface area contributed by atoms with Crippen molar-refractivity contribution in [2.45, 2.75) is 12.1 Å². The minimum absolute atomic E-state index is 0.367. The summed E-state index contributed by atoms with van der Waals surface area (Å²) >= 11 is 0. The lowest BCUT2D eigenvalue weighted by molar-refractivity contribution is -0.125. The molecule has 1 aliphatic heterocycles. The van der Waals surface area contributed by atoms with Crippen molar-refractivity contribution < 1.29 is 19.1 Å². The lowest BCUT2D eigenvalue weighted by atomic mass is 9.99.